The van der Waals surface area contributed by atoms with E-state index in [1.807, 2.05) is 27.7 Å². The molecule has 0 atom stereocenters. The normalized spacial score (nSPS) is 12.2. The van der Waals surface area contributed by atoms with Gasteiger partial charge in [0.25, 0.3) is 0 Å². The minimum Gasteiger partial charge on any atom is -0.385 e. The second kappa shape index (κ2) is 5.49. The maximum absolute atomic E-state index is 11.8. The fraction of sp³-hybridized carbons (Fsp3) is 0.538. The summed E-state index contributed by atoms with van der Waals surface area (Å²) < 4.78 is 28.6. The maximum Gasteiger partial charge on any atom is 0.175 e. The number of sulfone groups is 1. The molecule has 0 aliphatic heterocycles. The first-order valence-electron chi connectivity index (χ1n) is 5.85. The Bertz CT molecular complexity index is 533. The molecule has 102 valence electrons. The van der Waals surface area contributed by atoms with E-state index in [4.69, 9.17) is 16.2 Å². The Hall–Kier alpha value is -0.740. The second-order valence-corrected chi connectivity index (χ2v) is 7.19. The predicted octanol–water partition coefficient (Wildman–Crippen LogP) is 3.87. The highest BCUT2D eigenvalue weighted by Crippen LogP contribution is 2.39. The van der Waals surface area contributed by atoms with Gasteiger partial charge < -0.3 is 4.29 Å². The molecule has 18 heavy (non-hydrogen) atoms. The molecule has 5 heteroatoms. The molecule has 0 saturated carbocycles. The molecule has 0 amide bonds. The Labute approximate surface area is 114 Å². The highest BCUT2D eigenvalue weighted by molar-refractivity contribution is 7.90. The number of halogens is 1. The average Bonchev–Trinajstić information content (AvgIpc) is 2.25. The van der Waals surface area contributed by atoms with Crippen LogP contribution < -0.4 is 4.29 Å². The summed E-state index contributed by atoms with van der Waals surface area (Å²) in [5.74, 6) is 0.705. The molecule has 0 spiro atoms. The Morgan fingerprint density at radius 3 is 2.00 bits per heavy atom. The van der Waals surface area contributed by atoms with Crippen molar-refractivity contribution in [2.45, 2.75) is 44.4 Å². The van der Waals surface area contributed by atoms with Gasteiger partial charge in [0.15, 0.2) is 15.6 Å². The third-order valence-electron chi connectivity index (χ3n) is 2.86. The van der Waals surface area contributed by atoms with E-state index in [-0.39, 0.29) is 16.7 Å². The van der Waals surface area contributed by atoms with Crippen LogP contribution in [-0.4, -0.2) is 14.7 Å². The van der Waals surface area contributed by atoms with Crippen LogP contribution in [0.2, 0.25) is 0 Å². The SMILES string of the molecule is CC(C)c1ccc(S(C)(=O)=O)c(C(C)C)c1OCl. The molecule has 0 radical (unpaired) electrons. The van der Waals surface area contributed by atoms with Crippen molar-refractivity contribution in [1.82, 2.24) is 0 Å². The first kappa shape index (κ1) is 15.3. The quantitative estimate of drug-likeness (QED) is 0.845. The van der Waals surface area contributed by atoms with Gasteiger partial charge in [-0.05, 0) is 23.5 Å². The first-order valence-corrected chi connectivity index (χ1v) is 8.05. The lowest BCUT2D eigenvalue weighted by atomic mass is 9.94. The molecule has 0 aliphatic rings. The molecule has 0 N–H and O–H groups in total. The number of hydrogen-bond donors (Lipinski definition) is 0. The standard InChI is InChI=1S/C13H19ClO3S/c1-8(2)10-6-7-11(18(5,15)16)12(9(3)4)13(10)17-14/h6-9H,1-5H3. The van der Waals surface area contributed by atoms with Gasteiger partial charge in [-0.25, -0.2) is 8.42 Å². The molecule has 0 bridgehead atoms. The zero-order chi connectivity index (χ0) is 14.1. The zero-order valence-corrected chi connectivity index (χ0v) is 12.9. The molecule has 0 saturated heterocycles. The van der Waals surface area contributed by atoms with Crippen LogP contribution in [0.3, 0.4) is 0 Å². The Kier molecular flexibility index (Phi) is 4.67. The highest BCUT2D eigenvalue weighted by Gasteiger charge is 2.24. The lowest BCUT2D eigenvalue weighted by Crippen LogP contribution is -2.07. The summed E-state index contributed by atoms with van der Waals surface area (Å²) in [5, 5.41) is 0. The monoisotopic (exact) mass is 290 g/mol. The van der Waals surface area contributed by atoms with Gasteiger partial charge in [-0.2, -0.15) is 0 Å². The van der Waals surface area contributed by atoms with E-state index in [0.29, 0.717) is 11.3 Å². The Morgan fingerprint density at radius 2 is 1.67 bits per heavy atom. The molecule has 0 heterocycles. The summed E-state index contributed by atoms with van der Waals surface area (Å²) in [6.45, 7) is 7.87. The van der Waals surface area contributed by atoms with E-state index in [9.17, 15) is 8.42 Å². The van der Waals surface area contributed by atoms with Gasteiger partial charge in [0.05, 0.1) is 4.90 Å². The van der Waals surface area contributed by atoms with Crippen LogP contribution in [0, 0.1) is 0 Å². The number of benzene rings is 1. The molecule has 1 aromatic rings. The van der Waals surface area contributed by atoms with E-state index in [1.54, 1.807) is 12.1 Å². The largest absolute Gasteiger partial charge is 0.385 e. The van der Waals surface area contributed by atoms with Crippen LogP contribution in [0.1, 0.15) is 50.7 Å². The average molecular weight is 291 g/mol. The van der Waals surface area contributed by atoms with Crippen LogP contribution in [0.15, 0.2) is 17.0 Å². The number of hydrogen-bond acceptors (Lipinski definition) is 3. The van der Waals surface area contributed by atoms with Crippen molar-refractivity contribution in [3.05, 3.63) is 23.3 Å². The van der Waals surface area contributed by atoms with Crippen LogP contribution in [-0.2, 0) is 9.84 Å². The topological polar surface area (TPSA) is 43.4 Å². The smallest absolute Gasteiger partial charge is 0.175 e. The lowest BCUT2D eigenvalue weighted by molar-refractivity contribution is 0.569. The summed E-state index contributed by atoms with van der Waals surface area (Å²) in [6, 6.07) is 3.41. The van der Waals surface area contributed by atoms with Gasteiger partial charge in [-0.1, -0.05) is 33.8 Å². The van der Waals surface area contributed by atoms with Crippen LogP contribution in [0.5, 0.6) is 5.75 Å². The summed E-state index contributed by atoms with van der Waals surface area (Å²) in [5.41, 5.74) is 1.57. The predicted molar refractivity (Wildman–Crippen MR) is 74.2 cm³/mol. The minimum absolute atomic E-state index is 0.0159. The van der Waals surface area contributed by atoms with Crippen molar-refractivity contribution in [2.75, 3.05) is 6.26 Å². The molecular formula is C13H19ClO3S. The van der Waals surface area contributed by atoms with E-state index in [0.717, 1.165) is 5.56 Å². The summed E-state index contributed by atoms with van der Waals surface area (Å²) in [7, 11) is -3.29. The highest BCUT2D eigenvalue weighted by atomic mass is 35.5. The molecule has 3 nitrogen and oxygen atoms in total. The summed E-state index contributed by atoms with van der Waals surface area (Å²) >= 11 is 5.55. The minimum atomic E-state index is -3.29. The molecule has 1 rings (SSSR count). The van der Waals surface area contributed by atoms with Gasteiger partial charge in [0.1, 0.15) is 11.9 Å². The third-order valence-corrected chi connectivity index (χ3v) is 4.17. The van der Waals surface area contributed by atoms with Crippen molar-refractivity contribution in [3.63, 3.8) is 0 Å². The molecule has 0 aliphatic carbocycles. The van der Waals surface area contributed by atoms with E-state index >= 15 is 0 Å². The van der Waals surface area contributed by atoms with Crippen LogP contribution in [0.4, 0.5) is 0 Å². The van der Waals surface area contributed by atoms with Gasteiger partial charge in [0.2, 0.25) is 0 Å². The first-order chi connectivity index (χ1) is 8.20. The van der Waals surface area contributed by atoms with Crippen LogP contribution >= 0.6 is 11.9 Å². The van der Waals surface area contributed by atoms with Gasteiger partial charge in [0, 0.05) is 11.8 Å². The van der Waals surface area contributed by atoms with E-state index in [1.165, 1.54) is 6.26 Å². The van der Waals surface area contributed by atoms with Crippen molar-refractivity contribution in [3.8, 4) is 5.75 Å². The summed E-state index contributed by atoms with van der Waals surface area (Å²) in [6.07, 6.45) is 1.20. The number of rotatable bonds is 4. The van der Waals surface area contributed by atoms with Crippen LogP contribution in [0.25, 0.3) is 0 Å². The Morgan fingerprint density at radius 1 is 1.11 bits per heavy atom. The van der Waals surface area contributed by atoms with Gasteiger partial charge >= 0.3 is 0 Å². The van der Waals surface area contributed by atoms with E-state index < -0.39 is 9.84 Å². The fourth-order valence-corrected chi connectivity index (χ4v) is 3.22. The third kappa shape index (κ3) is 2.98. The van der Waals surface area contributed by atoms with Crippen molar-refractivity contribution in [1.29, 1.82) is 0 Å². The zero-order valence-electron chi connectivity index (χ0n) is 11.3. The van der Waals surface area contributed by atoms with Gasteiger partial charge in [-0.15, -0.1) is 0 Å². The fourth-order valence-electron chi connectivity index (χ4n) is 2.01. The second-order valence-electron chi connectivity index (χ2n) is 5.05. The molecular weight excluding hydrogens is 272 g/mol. The van der Waals surface area contributed by atoms with Crippen molar-refractivity contribution < 1.29 is 12.7 Å². The Balaban J connectivity index is 3.70. The molecule has 1 aromatic carbocycles. The van der Waals surface area contributed by atoms with Gasteiger partial charge in [-0.3, -0.25) is 0 Å². The molecule has 0 aromatic heterocycles. The van der Waals surface area contributed by atoms with E-state index in [2.05, 4.69) is 0 Å². The maximum atomic E-state index is 11.8. The van der Waals surface area contributed by atoms with Crippen molar-refractivity contribution >= 4 is 21.7 Å². The van der Waals surface area contributed by atoms with Crippen molar-refractivity contribution in [2.24, 2.45) is 0 Å². The lowest BCUT2D eigenvalue weighted by Gasteiger charge is -2.19. The summed E-state index contributed by atoms with van der Waals surface area (Å²) in [4.78, 5) is 0.289. The molecule has 0 unspecified atom stereocenters. The molecule has 0 fully saturated rings.